The molecule has 106 valence electrons. The summed E-state index contributed by atoms with van der Waals surface area (Å²) in [7, 11) is 0. The average Bonchev–Trinajstić information content (AvgIpc) is 2.42. The van der Waals surface area contributed by atoms with Crippen LogP contribution >= 0.6 is 12.4 Å². The van der Waals surface area contributed by atoms with Crippen LogP contribution in [0.1, 0.15) is 29.4 Å². The quantitative estimate of drug-likeness (QED) is 0.697. The third-order valence-corrected chi connectivity index (χ3v) is 2.27. The van der Waals surface area contributed by atoms with Gasteiger partial charge in [0, 0.05) is 24.8 Å². The Balaban J connectivity index is 0.00000324. The monoisotopic (exact) mass is 286 g/mol. The number of carbonyl (C=O) groups is 2. The van der Waals surface area contributed by atoms with Gasteiger partial charge in [0.15, 0.2) is 0 Å². The molecule has 0 radical (unpaired) electrons. The van der Waals surface area contributed by atoms with E-state index in [1.165, 1.54) is 6.20 Å². The molecule has 0 bridgehead atoms. The summed E-state index contributed by atoms with van der Waals surface area (Å²) in [6.45, 7) is 2.82. The molecule has 0 atom stereocenters. The van der Waals surface area contributed by atoms with Gasteiger partial charge < -0.3 is 16.4 Å². The third kappa shape index (κ3) is 6.17. The topological polar surface area (TPSA) is 97.1 Å². The maximum atomic E-state index is 11.7. The fraction of sp³-hybridized carbons (Fsp3) is 0.417. The summed E-state index contributed by atoms with van der Waals surface area (Å²) in [5.74, 6) is -0.503. The lowest BCUT2D eigenvalue weighted by molar-refractivity contribution is -0.120. The Labute approximate surface area is 118 Å². The van der Waals surface area contributed by atoms with E-state index in [0.717, 1.165) is 6.42 Å². The van der Waals surface area contributed by atoms with Crippen molar-refractivity contribution in [2.45, 2.75) is 19.9 Å². The van der Waals surface area contributed by atoms with Crippen LogP contribution in [0.3, 0.4) is 0 Å². The normalized spacial score (nSPS) is 9.37. The molecule has 0 aromatic carbocycles. The van der Waals surface area contributed by atoms with Crippen LogP contribution in [0.2, 0.25) is 0 Å². The first-order valence-corrected chi connectivity index (χ1v) is 5.87. The Morgan fingerprint density at radius 3 is 2.74 bits per heavy atom. The first-order valence-electron chi connectivity index (χ1n) is 5.87. The van der Waals surface area contributed by atoms with Gasteiger partial charge in [0.05, 0.1) is 12.2 Å². The lowest BCUT2D eigenvalue weighted by atomic mass is 10.2. The third-order valence-electron chi connectivity index (χ3n) is 2.27. The van der Waals surface area contributed by atoms with E-state index < -0.39 is 0 Å². The first kappa shape index (κ1) is 17.3. The van der Waals surface area contributed by atoms with Gasteiger partial charge in [-0.3, -0.25) is 14.6 Å². The summed E-state index contributed by atoms with van der Waals surface area (Å²) in [6.07, 6.45) is 2.39. The molecule has 0 saturated heterocycles. The molecule has 0 fully saturated rings. The SMILES string of the molecule is CCCNC(=O)CNC(=O)c1ccnc(CN)c1.Cl. The molecule has 7 heteroatoms. The standard InChI is InChI=1S/C12H18N4O2.ClH/c1-2-4-15-11(17)8-16-12(18)9-3-5-14-10(6-9)7-13;/h3,5-6H,2,4,7-8,13H2,1H3,(H,15,17)(H,16,18);1H. The average molecular weight is 287 g/mol. The second kappa shape index (κ2) is 9.29. The summed E-state index contributed by atoms with van der Waals surface area (Å²) in [5.41, 5.74) is 6.53. The molecule has 0 aliphatic carbocycles. The van der Waals surface area contributed by atoms with Crippen molar-refractivity contribution in [2.24, 2.45) is 5.73 Å². The Bertz CT molecular complexity index is 426. The second-order valence-electron chi connectivity index (χ2n) is 3.77. The molecular formula is C12H19ClN4O2. The van der Waals surface area contributed by atoms with Crippen molar-refractivity contribution in [1.82, 2.24) is 15.6 Å². The Hall–Kier alpha value is -1.66. The number of carbonyl (C=O) groups excluding carboxylic acids is 2. The summed E-state index contributed by atoms with van der Waals surface area (Å²) >= 11 is 0. The number of hydrogen-bond acceptors (Lipinski definition) is 4. The van der Waals surface area contributed by atoms with E-state index in [0.29, 0.717) is 17.8 Å². The largest absolute Gasteiger partial charge is 0.355 e. The van der Waals surface area contributed by atoms with E-state index in [-0.39, 0.29) is 37.3 Å². The van der Waals surface area contributed by atoms with Crippen molar-refractivity contribution < 1.29 is 9.59 Å². The maximum absolute atomic E-state index is 11.7. The van der Waals surface area contributed by atoms with Crippen LogP contribution in [0.4, 0.5) is 0 Å². The molecule has 0 aliphatic heterocycles. The second-order valence-corrected chi connectivity index (χ2v) is 3.77. The number of nitrogens with one attached hydrogen (secondary N) is 2. The number of rotatable bonds is 6. The highest BCUT2D eigenvalue weighted by Crippen LogP contribution is 2.00. The molecule has 6 nitrogen and oxygen atoms in total. The molecule has 0 aliphatic rings. The van der Waals surface area contributed by atoms with E-state index in [1.54, 1.807) is 12.1 Å². The predicted molar refractivity (Wildman–Crippen MR) is 75.0 cm³/mol. The summed E-state index contributed by atoms with van der Waals surface area (Å²) < 4.78 is 0. The van der Waals surface area contributed by atoms with Crippen LogP contribution in [-0.2, 0) is 11.3 Å². The summed E-state index contributed by atoms with van der Waals surface area (Å²) in [6, 6.07) is 3.19. The smallest absolute Gasteiger partial charge is 0.251 e. The molecule has 2 amide bonds. The zero-order valence-corrected chi connectivity index (χ0v) is 11.6. The highest BCUT2D eigenvalue weighted by molar-refractivity contribution is 5.96. The minimum atomic E-state index is -0.307. The van der Waals surface area contributed by atoms with Gasteiger partial charge in [0.2, 0.25) is 5.91 Å². The molecule has 0 saturated carbocycles. The number of hydrogen-bond donors (Lipinski definition) is 3. The predicted octanol–water partition coefficient (Wildman–Crippen LogP) is 0.218. The fourth-order valence-corrected chi connectivity index (χ4v) is 1.32. The van der Waals surface area contributed by atoms with Gasteiger partial charge in [-0.2, -0.15) is 0 Å². The van der Waals surface area contributed by atoms with Crippen LogP contribution in [0, 0.1) is 0 Å². The Morgan fingerprint density at radius 1 is 1.37 bits per heavy atom. The van der Waals surface area contributed by atoms with Crippen LogP contribution in [0.25, 0.3) is 0 Å². The molecular weight excluding hydrogens is 268 g/mol. The van der Waals surface area contributed by atoms with E-state index in [9.17, 15) is 9.59 Å². The van der Waals surface area contributed by atoms with Crippen molar-refractivity contribution in [1.29, 1.82) is 0 Å². The van der Waals surface area contributed by atoms with E-state index >= 15 is 0 Å². The fourth-order valence-electron chi connectivity index (χ4n) is 1.32. The molecule has 1 aromatic rings. The van der Waals surface area contributed by atoms with E-state index in [4.69, 9.17) is 5.73 Å². The van der Waals surface area contributed by atoms with Gasteiger partial charge in [-0.05, 0) is 18.6 Å². The molecule has 0 spiro atoms. The molecule has 0 unspecified atom stereocenters. The number of amides is 2. The molecule has 1 heterocycles. The van der Waals surface area contributed by atoms with E-state index in [1.807, 2.05) is 6.92 Å². The molecule has 19 heavy (non-hydrogen) atoms. The highest BCUT2D eigenvalue weighted by Gasteiger charge is 2.08. The van der Waals surface area contributed by atoms with Crippen molar-refractivity contribution in [3.63, 3.8) is 0 Å². The van der Waals surface area contributed by atoms with Crippen LogP contribution in [0.5, 0.6) is 0 Å². The van der Waals surface area contributed by atoms with Crippen molar-refractivity contribution in [2.75, 3.05) is 13.1 Å². The Morgan fingerprint density at radius 2 is 2.11 bits per heavy atom. The maximum Gasteiger partial charge on any atom is 0.251 e. The number of nitrogens with two attached hydrogens (primary N) is 1. The van der Waals surface area contributed by atoms with E-state index in [2.05, 4.69) is 15.6 Å². The van der Waals surface area contributed by atoms with Crippen molar-refractivity contribution in [3.8, 4) is 0 Å². The highest BCUT2D eigenvalue weighted by atomic mass is 35.5. The molecule has 4 N–H and O–H groups in total. The van der Waals surface area contributed by atoms with Crippen LogP contribution < -0.4 is 16.4 Å². The zero-order chi connectivity index (χ0) is 13.4. The van der Waals surface area contributed by atoms with Gasteiger partial charge >= 0.3 is 0 Å². The molecule has 1 aromatic heterocycles. The Kier molecular flexibility index (Phi) is 8.48. The first-order chi connectivity index (χ1) is 8.67. The van der Waals surface area contributed by atoms with Gasteiger partial charge in [0.25, 0.3) is 5.91 Å². The van der Waals surface area contributed by atoms with Crippen LogP contribution in [-0.4, -0.2) is 29.9 Å². The lowest BCUT2D eigenvalue weighted by Gasteiger charge is -2.06. The summed E-state index contributed by atoms with van der Waals surface area (Å²) in [5, 5.41) is 5.22. The molecule has 1 rings (SSSR count). The minimum absolute atomic E-state index is 0. The number of halogens is 1. The lowest BCUT2D eigenvalue weighted by Crippen LogP contribution is -2.37. The minimum Gasteiger partial charge on any atom is -0.355 e. The number of pyridine rings is 1. The van der Waals surface area contributed by atoms with Gasteiger partial charge in [0.1, 0.15) is 0 Å². The number of nitrogens with zero attached hydrogens (tertiary/aromatic N) is 1. The number of aromatic nitrogens is 1. The van der Waals surface area contributed by atoms with Gasteiger partial charge in [-0.1, -0.05) is 6.92 Å². The summed E-state index contributed by atoms with van der Waals surface area (Å²) in [4.78, 5) is 27.0. The van der Waals surface area contributed by atoms with Crippen LogP contribution in [0.15, 0.2) is 18.3 Å². The zero-order valence-electron chi connectivity index (χ0n) is 10.8. The van der Waals surface area contributed by atoms with Gasteiger partial charge in [-0.15, -0.1) is 12.4 Å². The van der Waals surface area contributed by atoms with Crippen molar-refractivity contribution >= 4 is 24.2 Å². The van der Waals surface area contributed by atoms with Crippen molar-refractivity contribution in [3.05, 3.63) is 29.6 Å². The van der Waals surface area contributed by atoms with Gasteiger partial charge in [-0.25, -0.2) is 0 Å².